The second kappa shape index (κ2) is 12.5. The van der Waals surface area contributed by atoms with Crippen LogP contribution in [0.2, 0.25) is 5.02 Å². The number of hydrogen-bond acceptors (Lipinski definition) is 6. The van der Waals surface area contributed by atoms with Gasteiger partial charge in [0.15, 0.2) is 0 Å². The first kappa shape index (κ1) is 28.3. The number of aliphatic hydroxyl groups excluding tert-OH is 1. The number of hydrogen-bond donors (Lipinski definition) is 3. The molecule has 1 aromatic heterocycles. The molecule has 4 aromatic rings. The molecule has 11 heteroatoms. The van der Waals surface area contributed by atoms with Crippen LogP contribution < -0.4 is 14.8 Å². The van der Waals surface area contributed by atoms with Crippen molar-refractivity contribution in [2.45, 2.75) is 25.5 Å². The second-order valence-corrected chi connectivity index (χ2v) is 9.95. The first-order valence-electron chi connectivity index (χ1n) is 13.2. The van der Waals surface area contributed by atoms with Gasteiger partial charge in [-0.15, -0.1) is 0 Å². The number of aromatic nitrogens is 1. The van der Waals surface area contributed by atoms with E-state index in [9.17, 15) is 19.1 Å². The van der Waals surface area contributed by atoms with Crippen LogP contribution in [0.4, 0.5) is 14.0 Å². The standard InChI is InChI=1S/C30H29ClFN3O6/c1-2-39-29(37)33-16-21(36)17-40-22-8-3-18(4-9-22)28-27-24(25-15-19(31)5-12-26(25)34-27)13-14-35(28)30(38)41-23-10-6-20(32)7-11-23/h3-12,15,21,28,34,36H,2,13-14,16-17H2,1H3,(H,33,37)/t21-,28-/m0/s1. The van der Waals surface area contributed by atoms with Crippen LogP contribution in [0, 0.1) is 5.82 Å². The first-order chi connectivity index (χ1) is 19.8. The third-order valence-corrected chi connectivity index (χ3v) is 6.97. The number of ether oxygens (including phenoxy) is 3. The zero-order chi connectivity index (χ0) is 28.9. The monoisotopic (exact) mass is 581 g/mol. The zero-order valence-corrected chi connectivity index (χ0v) is 23.0. The van der Waals surface area contributed by atoms with E-state index < -0.39 is 30.1 Å². The Hall–Kier alpha value is -4.28. The van der Waals surface area contributed by atoms with Gasteiger partial charge >= 0.3 is 12.2 Å². The van der Waals surface area contributed by atoms with Crippen LogP contribution >= 0.6 is 11.6 Å². The van der Waals surface area contributed by atoms with Crippen molar-refractivity contribution in [2.24, 2.45) is 0 Å². The lowest BCUT2D eigenvalue weighted by molar-refractivity contribution is 0.0991. The van der Waals surface area contributed by atoms with Gasteiger partial charge in [0.2, 0.25) is 0 Å². The van der Waals surface area contributed by atoms with Gasteiger partial charge in [0, 0.05) is 28.2 Å². The topological polar surface area (TPSA) is 113 Å². The van der Waals surface area contributed by atoms with Crippen molar-refractivity contribution in [1.82, 2.24) is 15.2 Å². The number of carbonyl (C=O) groups is 2. The van der Waals surface area contributed by atoms with Gasteiger partial charge < -0.3 is 29.6 Å². The number of alkyl carbamates (subject to hydrolysis) is 1. The Bertz CT molecular complexity index is 1530. The number of carbonyl (C=O) groups excluding carboxylic acids is 2. The number of nitrogens with one attached hydrogen (secondary N) is 2. The van der Waals surface area contributed by atoms with Crippen molar-refractivity contribution >= 4 is 34.7 Å². The summed E-state index contributed by atoms with van der Waals surface area (Å²) in [7, 11) is 0. The fourth-order valence-electron chi connectivity index (χ4n) is 4.85. The van der Waals surface area contributed by atoms with Crippen molar-refractivity contribution in [3.8, 4) is 11.5 Å². The molecule has 41 heavy (non-hydrogen) atoms. The number of aliphatic hydroxyl groups is 1. The summed E-state index contributed by atoms with van der Waals surface area (Å²) >= 11 is 6.29. The number of fused-ring (bicyclic) bond motifs is 3. The molecule has 214 valence electrons. The molecule has 1 aliphatic heterocycles. The predicted octanol–water partition coefficient (Wildman–Crippen LogP) is 5.59. The highest BCUT2D eigenvalue weighted by atomic mass is 35.5. The highest BCUT2D eigenvalue weighted by Crippen LogP contribution is 2.40. The minimum absolute atomic E-state index is 0.0166. The summed E-state index contributed by atoms with van der Waals surface area (Å²) < 4.78 is 29.5. The molecular formula is C30H29ClFN3O6. The van der Waals surface area contributed by atoms with Crippen LogP contribution in [0.1, 0.15) is 29.8 Å². The smallest absolute Gasteiger partial charge is 0.416 e. The molecule has 0 bridgehead atoms. The SMILES string of the molecule is CCOC(=O)NC[C@H](O)COc1ccc([C@H]2c3[nH]c4ccc(Cl)cc4c3CCN2C(=O)Oc2ccc(F)cc2)cc1. The Morgan fingerprint density at radius 3 is 2.59 bits per heavy atom. The van der Waals surface area contributed by atoms with Gasteiger partial charge in [0.05, 0.1) is 13.2 Å². The van der Waals surface area contributed by atoms with Gasteiger partial charge in [-0.3, -0.25) is 4.90 Å². The molecule has 3 N–H and O–H groups in total. The number of H-pyrrole nitrogens is 1. The Morgan fingerprint density at radius 1 is 1.12 bits per heavy atom. The minimum Gasteiger partial charge on any atom is -0.491 e. The molecule has 0 spiro atoms. The van der Waals surface area contributed by atoms with Gasteiger partial charge in [0.1, 0.15) is 36.1 Å². The molecule has 9 nitrogen and oxygen atoms in total. The zero-order valence-electron chi connectivity index (χ0n) is 22.2. The number of rotatable bonds is 8. The summed E-state index contributed by atoms with van der Waals surface area (Å²) in [6.07, 6.45) is -1.52. The molecule has 0 fully saturated rings. The molecule has 2 amide bonds. The molecule has 2 heterocycles. The van der Waals surface area contributed by atoms with E-state index in [0.717, 1.165) is 27.7 Å². The first-order valence-corrected chi connectivity index (χ1v) is 13.6. The third-order valence-electron chi connectivity index (χ3n) is 6.74. The van der Waals surface area contributed by atoms with Gasteiger partial charge in [-0.25, -0.2) is 14.0 Å². The van der Waals surface area contributed by atoms with Crippen LogP contribution in [-0.4, -0.2) is 59.6 Å². The average Bonchev–Trinajstić information content (AvgIpc) is 3.34. The molecule has 0 unspecified atom stereocenters. The lowest BCUT2D eigenvalue weighted by atomic mass is 9.92. The minimum atomic E-state index is -0.935. The van der Waals surface area contributed by atoms with E-state index in [1.807, 2.05) is 30.3 Å². The van der Waals surface area contributed by atoms with E-state index in [0.29, 0.717) is 23.7 Å². The summed E-state index contributed by atoms with van der Waals surface area (Å²) in [6, 6.07) is 17.6. The number of aromatic amines is 1. The summed E-state index contributed by atoms with van der Waals surface area (Å²) in [5.74, 6) is 0.320. The van der Waals surface area contributed by atoms with Crippen molar-refractivity contribution < 1.29 is 33.3 Å². The van der Waals surface area contributed by atoms with E-state index in [4.69, 9.17) is 25.8 Å². The summed E-state index contributed by atoms with van der Waals surface area (Å²) in [6.45, 7) is 2.25. The molecular weight excluding hydrogens is 553 g/mol. The van der Waals surface area contributed by atoms with E-state index in [2.05, 4.69) is 10.3 Å². The molecule has 5 rings (SSSR count). The van der Waals surface area contributed by atoms with Crippen LogP contribution in [0.3, 0.4) is 0 Å². The van der Waals surface area contributed by atoms with Crippen molar-refractivity contribution in [1.29, 1.82) is 0 Å². The summed E-state index contributed by atoms with van der Waals surface area (Å²) in [4.78, 5) is 29.9. The normalized spacial score (nSPS) is 15.2. The van der Waals surface area contributed by atoms with Crippen LogP contribution in [0.15, 0.2) is 66.7 Å². The highest BCUT2D eigenvalue weighted by Gasteiger charge is 2.35. The van der Waals surface area contributed by atoms with Crippen LogP contribution in [0.25, 0.3) is 10.9 Å². The molecule has 0 saturated carbocycles. The number of nitrogens with zero attached hydrogens (tertiary/aromatic N) is 1. The van der Waals surface area contributed by atoms with Crippen LogP contribution in [0.5, 0.6) is 11.5 Å². The van der Waals surface area contributed by atoms with E-state index in [1.165, 1.54) is 24.3 Å². The quantitative estimate of drug-likeness (QED) is 0.250. The van der Waals surface area contributed by atoms with Gasteiger partial charge in [-0.1, -0.05) is 23.7 Å². The average molecular weight is 582 g/mol. The second-order valence-electron chi connectivity index (χ2n) is 9.51. The summed E-state index contributed by atoms with van der Waals surface area (Å²) in [5, 5.41) is 14.2. The maximum Gasteiger partial charge on any atom is 0.416 e. The lowest BCUT2D eigenvalue weighted by Gasteiger charge is -2.35. The lowest BCUT2D eigenvalue weighted by Crippen LogP contribution is -2.42. The van der Waals surface area contributed by atoms with Crippen LogP contribution in [-0.2, 0) is 11.2 Å². The Morgan fingerprint density at radius 2 is 1.85 bits per heavy atom. The van der Waals surface area contributed by atoms with Crippen molar-refractivity contribution in [3.63, 3.8) is 0 Å². The number of amides is 2. The number of benzene rings is 3. The van der Waals surface area contributed by atoms with E-state index >= 15 is 0 Å². The third kappa shape index (κ3) is 6.55. The highest BCUT2D eigenvalue weighted by molar-refractivity contribution is 6.31. The van der Waals surface area contributed by atoms with Crippen molar-refractivity contribution in [2.75, 3.05) is 26.3 Å². The molecule has 0 saturated heterocycles. The fraction of sp³-hybridized carbons (Fsp3) is 0.267. The number of halogens is 2. The molecule has 3 aromatic carbocycles. The van der Waals surface area contributed by atoms with E-state index in [1.54, 1.807) is 24.0 Å². The maximum atomic E-state index is 13.4. The molecule has 2 atom stereocenters. The van der Waals surface area contributed by atoms with E-state index in [-0.39, 0.29) is 25.5 Å². The molecule has 1 aliphatic rings. The molecule has 0 radical (unpaired) electrons. The fourth-order valence-corrected chi connectivity index (χ4v) is 5.02. The Balaban J connectivity index is 1.37. The summed E-state index contributed by atoms with van der Waals surface area (Å²) in [5.41, 5.74) is 3.62. The predicted molar refractivity (Wildman–Crippen MR) is 151 cm³/mol. The largest absolute Gasteiger partial charge is 0.491 e. The Labute approximate surface area is 240 Å². The van der Waals surface area contributed by atoms with Gasteiger partial charge in [0.25, 0.3) is 0 Å². The maximum absolute atomic E-state index is 13.4. The van der Waals surface area contributed by atoms with Gasteiger partial charge in [-0.05, 0) is 79.1 Å². The van der Waals surface area contributed by atoms with Crippen molar-refractivity contribution in [3.05, 3.63) is 94.4 Å². The Kier molecular flexibility index (Phi) is 8.61. The molecule has 0 aliphatic carbocycles. The van der Waals surface area contributed by atoms with Gasteiger partial charge in [-0.2, -0.15) is 0 Å².